The second kappa shape index (κ2) is 4.61. The number of hydrogen-bond donors (Lipinski definition) is 0. The molecule has 1 aromatic heterocycles. The second-order valence-electron chi connectivity index (χ2n) is 3.48. The Kier molecular flexibility index (Phi) is 3.00. The Bertz CT molecular complexity index is 474. The Morgan fingerprint density at radius 3 is 2.75 bits per heavy atom. The van der Waals surface area contributed by atoms with Crippen molar-refractivity contribution in [3.8, 4) is 11.5 Å². The van der Waals surface area contributed by atoms with Crippen molar-refractivity contribution in [1.29, 1.82) is 0 Å². The van der Waals surface area contributed by atoms with E-state index in [-0.39, 0.29) is 6.54 Å². The van der Waals surface area contributed by atoms with Gasteiger partial charge in [-0.2, -0.15) is 5.10 Å². The van der Waals surface area contributed by atoms with Gasteiger partial charge in [0, 0.05) is 0 Å². The van der Waals surface area contributed by atoms with Crippen molar-refractivity contribution in [1.82, 2.24) is 9.78 Å². The molecule has 0 bridgehead atoms. The maximum Gasteiger partial charge on any atom is 0.165 e. The van der Waals surface area contributed by atoms with E-state index in [1.807, 2.05) is 31.2 Å². The van der Waals surface area contributed by atoms with Crippen LogP contribution in [0.5, 0.6) is 11.5 Å². The van der Waals surface area contributed by atoms with Crippen LogP contribution in [0.2, 0.25) is 0 Å². The molecule has 0 amide bonds. The monoisotopic (exact) mass is 216 g/mol. The maximum absolute atomic E-state index is 10.3. The van der Waals surface area contributed by atoms with Crippen molar-refractivity contribution in [2.45, 2.75) is 13.5 Å². The SMILES string of the molecule is Cc1ccc(Oc2cnn(CC=O)c2)cc1. The van der Waals surface area contributed by atoms with Gasteiger partial charge in [-0.25, -0.2) is 0 Å². The van der Waals surface area contributed by atoms with Gasteiger partial charge < -0.3 is 9.53 Å². The summed E-state index contributed by atoms with van der Waals surface area (Å²) in [6, 6.07) is 7.75. The predicted molar refractivity (Wildman–Crippen MR) is 59.5 cm³/mol. The lowest BCUT2D eigenvalue weighted by Crippen LogP contribution is -1.97. The molecular formula is C12H12N2O2. The first-order valence-electron chi connectivity index (χ1n) is 4.98. The molecule has 0 saturated heterocycles. The van der Waals surface area contributed by atoms with Crippen LogP contribution in [0.4, 0.5) is 0 Å². The molecular weight excluding hydrogens is 204 g/mol. The van der Waals surface area contributed by atoms with Crippen LogP contribution < -0.4 is 4.74 Å². The Morgan fingerprint density at radius 2 is 2.06 bits per heavy atom. The average molecular weight is 216 g/mol. The van der Waals surface area contributed by atoms with Gasteiger partial charge in [-0.15, -0.1) is 0 Å². The van der Waals surface area contributed by atoms with Gasteiger partial charge in [0.15, 0.2) is 5.75 Å². The summed E-state index contributed by atoms with van der Waals surface area (Å²) >= 11 is 0. The number of aldehydes is 1. The molecule has 0 spiro atoms. The van der Waals surface area contributed by atoms with Gasteiger partial charge in [0.2, 0.25) is 0 Å². The number of carbonyl (C=O) groups is 1. The van der Waals surface area contributed by atoms with E-state index in [1.165, 1.54) is 10.2 Å². The van der Waals surface area contributed by atoms with Crippen molar-refractivity contribution in [2.24, 2.45) is 0 Å². The molecule has 4 heteroatoms. The summed E-state index contributed by atoms with van der Waals surface area (Å²) in [5.41, 5.74) is 1.18. The zero-order valence-corrected chi connectivity index (χ0v) is 8.96. The third-order valence-electron chi connectivity index (χ3n) is 2.13. The minimum Gasteiger partial charge on any atom is -0.454 e. The highest BCUT2D eigenvalue weighted by Crippen LogP contribution is 2.20. The minimum atomic E-state index is 0.247. The zero-order valence-electron chi connectivity index (χ0n) is 8.96. The standard InChI is InChI=1S/C12H12N2O2/c1-10-2-4-11(5-3-10)16-12-8-13-14(9-12)6-7-15/h2-5,7-9H,6H2,1H3. The summed E-state index contributed by atoms with van der Waals surface area (Å²) in [5.74, 6) is 1.39. The molecule has 82 valence electrons. The molecule has 0 aliphatic heterocycles. The van der Waals surface area contributed by atoms with Crippen LogP contribution in [-0.2, 0) is 11.3 Å². The summed E-state index contributed by atoms with van der Waals surface area (Å²) in [5, 5.41) is 3.98. The highest BCUT2D eigenvalue weighted by atomic mass is 16.5. The van der Waals surface area contributed by atoms with Crippen LogP contribution in [0.25, 0.3) is 0 Å². The maximum atomic E-state index is 10.3. The molecule has 2 aromatic rings. The number of benzene rings is 1. The van der Waals surface area contributed by atoms with Gasteiger partial charge >= 0.3 is 0 Å². The highest BCUT2D eigenvalue weighted by molar-refractivity contribution is 5.49. The molecule has 4 nitrogen and oxygen atoms in total. The van der Waals surface area contributed by atoms with Crippen molar-refractivity contribution < 1.29 is 9.53 Å². The van der Waals surface area contributed by atoms with Crippen LogP contribution in [0.15, 0.2) is 36.7 Å². The molecule has 1 heterocycles. The Balaban J connectivity index is 2.08. The van der Waals surface area contributed by atoms with Gasteiger partial charge in [0.1, 0.15) is 12.0 Å². The molecule has 16 heavy (non-hydrogen) atoms. The van der Waals surface area contributed by atoms with Crippen molar-refractivity contribution >= 4 is 6.29 Å². The molecule has 0 unspecified atom stereocenters. The first kappa shape index (κ1) is 10.4. The van der Waals surface area contributed by atoms with Crippen LogP contribution in [0.3, 0.4) is 0 Å². The summed E-state index contributed by atoms with van der Waals surface area (Å²) in [7, 11) is 0. The summed E-state index contributed by atoms with van der Waals surface area (Å²) in [6.07, 6.45) is 4.07. The second-order valence-corrected chi connectivity index (χ2v) is 3.48. The lowest BCUT2D eigenvalue weighted by molar-refractivity contribution is -0.108. The summed E-state index contributed by atoms with van der Waals surface area (Å²) in [4.78, 5) is 10.3. The largest absolute Gasteiger partial charge is 0.454 e. The van der Waals surface area contributed by atoms with Gasteiger partial charge in [-0.3, -0.25) is 4.68 Å². The van der Waals surface area contributed by atoms with Crippen molar-refractivity contribution in [3.63, 3.8) is 0 Å². The van der Waals surface area contributed by atoms with E-state index in [0.29, 0.717) is 5.75 Å². The van der Waals surface area contributed by atoms with E-state index in [2.05, 4.69) is 5.10 Å². The summed E-state index contributed by atoms with van der Waals surface area (Å²) in [6.45, 7) is 2.27. The van der Waals surface area contributed by atoms with Gasteiger partial charge in [0.25, 0.3) is 0 Å². The highest BCUT2D eigenvalue weighted by Gasteiger charge is 2.00. The predicted octanol–water partition coefficient (Wildman–Crippen LogP) is 2.18. The smallest absolute Gasteiger partial charge is 0.165 e. The van der Waals surface area contributed by atoms with Crippen LogP contribution in [0, 0.1) is 6.92 Å². The Labute approximate surface area is 93.5 Å². The zero-order chi connectivity index (χ0) is 11.4. The number of aromatic nitrogens is 2. The van der Waals surface area contributed by atoms with Gasteiger partial charge in [-0.1, -0.05) is 17.7 Å². The third-order valence-corrected chi connectivity index (χ3v) is 2.13. The Morgan fingerprint density at radius 1 is 1.31 bits per heavy atom. The summed E-state index contributed by atoms with van der Waals surface area (Å²) < 4.78 is 7.09. The molecule has 0 atom stereocenters. The number of hydrogen-bond acceptors (Lipinski definition) is 3. The molecule has 0 aliphatic rings. The molecule has 0 N–H and O–H groups in total. The Hall–Kier alpha value is -2.10. The number of nitrogens with zero attached hydrogens (tertiary/aromatic N) is 2. The van der Waals surface area contributed by atoms with E-state index in [1.54, 1.807) is 12.4 Å². The lowest BCUT2D eigenvalue weighted by atomic mass is 10.2. The lowest BCUT2D eigenvalue weighted by Gasteiger charge is -2.02. The molecule has 1 aromatic carbocycles. The fourth-order valence-corrected chi connectivity index (χ4v) is 1.32. The molecule has 2 rings (SSSR count). The topological polar surface area (TPSA) is 44.1 Å². The van der Waals surface area contributed by atoms with Crippen molar-refractivity contribution in [3.05, 3.63) is 42.2 Å². The quantitative estimate of drug-likeness (QED) is 0.736. The van der Waals surface area contributed by atoms with Crippen molar-refractivity contribution in [2.75, 3.05) is 0 Å². The van der Waals surface area contributed by atoms with E-state index in [0.717, 1.165) is 12.0 Å². The fourth-order valence-electron chi connectivity index (χ4n) is 1.32. The number of carbonyl (C=O) groups excluding carboxylic acids is 1. The van der Waals surface area contributed by atoms with Gasteiger partial charge in [-0.05, 0) is 19.1 Å². The van der Waals surface area contributed by atoms with Crippen LogP contribution in [-0.4, -0.2) is 16.1 Å². The first-order valence-corrected chi connectivity index (χ1v) is 4.98. The molecule has 0 aliphatic carbocycles. The molecule has 0 radical (unpaired) electrons. The molecule has 0 fully saturated rings. The van der Waals surface area contributed by atoms with E-state index in [9.17, 15) is 4.79 Å². The number of aryl methyl sites for hydroxylation is 1. The van der Waals surface area contributed by atoms with E-state index < -0.39 is 0 Å². The van der Waals surface area contributed by atoms with E-state index >= 15 is 0 Å². The van der Waals surface area contributed by atoms with Crippen LogP contribution in [0.1, 0.15) is 5.56 Å². The normalized spacial score (nSPS) is 10.1. The number of ether oxygens (including phenoxy) is 1. The third kappa shape index (κ3) is 2.48. The van der Waals surface area contributed by atoms with Crippen LogP contribution >= 0.6 is 0 Å². The van der Waals surface area contributed by atoms with E-state index in [4.69, 9.17) is 4.74 Å². The number of rotatable bonds is 4. The van der Waals surface area contributed by atoms with Gasteiger partial charge in [0.05, 0.1) is 18.9 Å². The average Bonchev–Trinajstić information content (AvgIpc) is 2.70. The fraction of sp³-hybridized carbons (Fsp3) is 0.167. The molecule has 0 saturated carbocycles. The first-order chi connectivity index (χ1) is 7.78. The minimum absolute atomic E-state index is 0.247.